The van der Waals surface area contributed by atoms with E-state index in [0.717, 1.165) is 18.9 Å². The highest BCUT2D eigenvalue weighted by atomic mass is 19.4. The highest BCUT2D eigenvalue weighted by Crippen LogP contribution is 2.35. The van der Waals surface area contributed by atoms with Crippen molar-refractivity contribution in [2.75, 3.05) is 6.61 Å². The van der Waals surface area contributed by atoms with E-state index in [1.54, 1.807) is 6.92 Å². The standard InChI is InChI=1S/C15H18BF3N2O3/c1-2-9-11(15(17,18)19)7-12-10(14(9)16(22)23)8-20-21(12)13-5-3-4-6-24-13/h7-8,13,22-23H,2-6H2,1H3. The van der Waals surface area contributed by atoms with E-state index in [0.29, 0.717) is 18.4 Å². The van der Waals surface area contributed by atoms with E-state index in [9.17, 15) is 23.2 Å². The molecular weight excluding hydrogens is 324 g/mol. The van der Waals surface area contributed by atoms with Gasteiger partial charge in [0.25, 0.3) is 0 Å². The zero-order valence-electron chi connectivity index (χ0n) is 13.2. The number of aromatic nitrogens is 2. The van der Waals surface area contributed by atoms with Gasteiger partial charge in [-0.15, -0.1) is 0 Å². The molecule has 0 spiro atoms. The third-order valence-electron chi connectivity index (χ3n) is 4.40. The lowest BCUT2D eigenvalue weighted by Crippen LogP contribution is -2.35. The van der Waals surface area contributed by atoms with Crippen LogP contribution in [0.4, 0.5) is 13.2 Å². The summed E-state index contributed by atoms with van der Waals surface area (Å²) in [7, 11) is -2.00. The van der Waals surface area contributed by atoms with Gasteiger partial charge in [-0.05, 0) is 42.8 Å². The molecule has 0 bridgehead atoms. The maximum absolute atomic E-state index is 13.5. The SMILES string of the molecule is CCc1c(C(F)(F)F)cc2c(cnn2C2CCCCO2)c1B(O)O. The number of fused-ring (bicyclic) bond motifs is 1. The Morgan fingerprint density at radius 3 is 2.67 bits per heavy atom. The molecule has 0 amide bonds. The third-order valence-corrected chi connectivity index (χ3v) is 4.40. The molecule has 1 saturated heterocycles. The minimum absolute atomic E-state index is 0.0306. The number of rotatable bonds is 3. The van der Waals surface area contributed by atoms with Crippen LogP contribution in [0, 0.1) is 0 Å². The smallest absolute Gasteiger partial charge is 0.423 e. The van der Waals surface area contributed by atoms with Crippen molar-refractivity contribution in [2.24, 2.45) is 0 Å². The van der Waals surface area contributed by atoms with E-state index in [1.165, 1.54) is 10.9 Å². The summed E-state index contributed by atoms with van der Waals surface area (Å²) >= 11 is 0. The number of alkyl halides is 3. The molecule has 1 unspecified atom stereocenters. The molecule has 3 rings (SSSR count). The molecule has 0 aliphatic carbocycles. The van der Waals surface area contributed by atoms with E-state index in [2.05, 4.69) is 5.10 Å². The van der Waals surface area contributed by atoms with Gasteiger partial charge in [0.05, 0.1) is 17.3 Å². The average molecular weight is 342 g/mol. The Morgan fingerprint density at radius 1 is 1.38 bits per heavy atom. The summed E-state index contributed by atoms with van der Waals surface area (Å²) in [6.07, 6.45) is -1.15. The molecule has 24 heavy (non-hydrogen) atoms. The first-order valence-electron chi connectivity index (χ1n) is 7.92. The van der Waals surface area contributed by atoms with Crippen molar-refractivity contribution in [2.45, 2.75) is 45.0 Å². The van der Waals surface area contributed by atoms with Crippen molar-refractivity contribution in [3.8, 4) is 0 Å². The van der Waals surface area contributed by atoms with Gasteiger partial charge in [-0.1, -0.05) is 6.92 Å². The minimum atomic E-state index is -4.59. The molecule has 2 N–H and O–H groups in total. The van der Waals surface area contributed by atoms with Crippen LogP contribution in [0.3, 0.4) is 0 Å². The first-order chi connectivity index (χ1) is 11.3. The third kappa shape index (κ3) is 2.91. The van der Waals surface area contributed by atoms with Crippen LogP contribution in [0.2, 0.25) is 0 Å². The normalized spacial score (nSPS) is 19.0. The molecule has 0 radical (unpaired) electrons. The molecule has 130 valence electrons. The number of hydrogen-bond donors (Lipinski definition) is 2. The van der Waals surface area contributed by atoms with E-state index in [1.807, 2.05) is 0 Å². The zero-order chi connectivity index (χ0) is 17.5. The molecule has 1 atom stereocenters. The maximum atomic E-state index is 13.5. The van der Waals surface area contributed by atoms with Crippen LogP contribution in [0.25, 0.3) is 10.9 Å². The van der Waals surface area contributed by atoms with E-state index in [-0.39, 0.29) is 23.0 Å². The summed E-state index contributed by atoms with van der Waals surface area (Å²) in [4.78, 5) is 0. The second-order valence-electron chi connectivity index (χ2n) is 5.88. The number of benzene rings is 1. The van der Waals surface area contributed by atoms with Gasteiger partial charge in [0.1, 0.15) is 0 Å². The Morgan fingerprint density at radius 2 is 2.12 bits per heavy atom. The van der Waals surface area contributed by atoms with Crippen molar-refractivity contribution in [1.29, 1.82) is 0 Å². The van der Waals surface area contributed by atoms with Gasteiger partial charge >= 0.3 is 13.3 Å². The van der Waals surface area contributed by atoms with Gasteiger partial charge in [0.15, 0.2) is 6.23 Å². The number of halogens is 3. The topological polar surface area (TPSA) is 67.5 Å². The molecule has 9 heteroatoms. The summed E-state index contributed by atoms with van der Waals surface area (Å²) in [5.41, 5.74) is -0.911. The number of nitrogens with zero attached hydrogens (tertiary/aromatic N) is 2. The summed E-state index contributed by atoms with van der Waals surface area (Å²) in [5, 5.41) is 23.8. The Hall–Kier alpha value is -1.58. The molecule has 0 saturated carbocycles. The maximum Gasteiger partial charge on any atom is 0.489 e. The highest BCUT2D eigenvalue weighted by molar-refractivity contribution is 6.62. The summed E-state index contributed by atoms with van der Waals surface area (Å²) in [6, 6.07) is 1.03. The molecule has 1 fully saturated rings. The predicted octanol–water partition coefficient (Wildman–Crippen LogP) is 2.00. The fourth-order valence-electron chi connectivity index (χ4n) is 3.33. The molecule has 2 heterocycles. The Bertz CT molecular complexity index is 740. The summed E-state index contributed by atoms with van der Waals surface area (Å²) < 4.78 is 47.4. The average Bonchev–Trinajstić information content (AvgIpc) is 2.96. The van der Waals surface area contributed by atoms with Crippen molar-refractivity contribution in [3.63, 3.8) is 0 Å². The van der Waals surface area contributed by atoms with Gasteiger partial charge < -0.3 is 14.8 Å². The highest BCUT2D eigenvalue weighted by Gasteiger charge is 2.37. The molecule has 1 aliphatic rings. The first-order valence-corrected chi connectivity index (χ1v) is 7.92. The Balaban J connectivity index is 2.27. The lowest BCUT2D eigenvalue weighted by Gasteiger charge is -2.24. The molecule has 1 aliphatic heterocycles. The van der Waals surface area contributed by atoms with E-state index in [4.69, 9.17) is 4.74 Å². The minimum Gasteiger partial charge on any atom is -0.423 e. The summed E-state index contributed by atoms with van der Waals surface area (Å²) in [5.74, 6) is 0. The Kier molecular flexibility index (Phi) is 4.59. The van der Waals surface area contributed by atoms with Gasteiger partial charge in [-0.3, -0.25) is 0 Å². The van der Waals surface area contributed by atoms with Crippen LogP contribution in [-0.4, -0.2) is 33.6 Å². The lowest BCUT2D eigenvalue weighted by molar-refractivity contribution is -0.138. The van der Waals surface area contributed by atoms with Crippen molar-refractivity contribution >= 4 is 23.5 Å². The van der Waals surface area contributed by atoms with Gasteiger partial charge in [-0.2, -0.15) is 18.3 Å². The quantitative estimate of drug-likeness (QED) is 0.838. The van der Waals surface area contributed by atoms with Crippen molar-refractivity contribution in [3.05, 3.63) is 23.4 Å². The van der Waals surface area contributed by atoms with Crippen LogP contribution in [0.15, 0.2) is 12.3 Å². The zero-order valence-corrected chi connectivity index (χ0v) is 13.2. The lowest BCUT2D eigenvalue weighted by atomic mass is 9.73. The van der Waals surface area contributed by atoms with Crippen LogP contribution in [-0.2, 0) is 17.3 Å². The van der Waals surface area contributed by atoms with Crippen LogP contribution >= 0.6 is 0 Å². The summed E-state index contributed by atoms with van der Waals surface area (Å²) in [6.45, 7) is 2.08. The van der Waals surface area contributed by atoms with Crippen LogP contribution in [0.5, 0.6) is 0 Å². The number of ether oxygens (including phenoxy) is 1. The van der Waals surface area contributed by atoms with Crippen LogP contribution < -0.4 is 5.46 Å². The molecule has 5 nitrogen and oxygen atoms in total. The number of hydrogen-bond acceptors (Lipinski definition) is 4. The van der Waals surface area contributed by atoms with Crippen molar-refractivity contribution < 1.29 is 28.0 Å². The first kappa shape index (κ1) is 17.3. The van der Waals surface area contributed by atoms with Crippen LogP contribution in [0.1, 0.15) is 43.5 Å². The van der Waals surface area contributed by atoms with Gasteiger partial charge in [0.2, 0.25) is 0 Å². The molecule has 2 aromatic rings. The van der Waals surface area contributed by atoms with Gasteiger partial charge in [0, 0.05) is 12.0 Å². The fraction of sp³-hybridized carbons (Fsp3) is 0.533. The Labute approximate surface area is 137 Å². The predicted molar refractivity (Wildman–Crippen MR) is 82.8 cm³/mol. The molecule has 1 aromatic heterocycles. The second kappa shape index (κ2) is 6.38. The monoisotopic (exact) mass is 342 g/mol. The van der Waals surface area contributed by atoms with Gasteiger partial charge in [-0.25, -0.2) is 4.68 Å². The van der Waals surface area contributed by atoms with Crippen molar-refractivity contribution in [1.82, 2.24) is 9.78 Å². The van der Waals surface area contributed by atoms with E-state index >= 15 is 0 Å². The van der Waals surface area contributed by atoms with E-state index < -0.39 is 25.1 Å². The molecule has 1 aromatic carbocycles. The fourth-order valence-corrected chi connectivity index (χ4v) is 3.33. The molecular formula is C15H18BF3N2O3. The second-order valence-corrected chi connectivity index (χ2v) is 5.88. The largest absolute Gasteiger partial charge is 0.489 e.